The van der Waals surface area contributed by atoms with E-state index in [4.69, 9.17) is 22.1 Å². The number of rotatable bonds is 10. The largest absolute Gasteiger partial charge is 0.395 e. The van der Waals surface area contributed by atoms with Gasteiger partial charge in [0.1, 0.15) is 0 Å². The lowest BCUT2D eigenvalue weighted by Crippen LogP contribution is -2.40. The summed E-state index contributed by atoms with van der Waals surface area (Å²) < 4.78 is 28.0. The molecule has 222 valence electrons. The minimum atomic E-state index is -1.12. The maximum absolute atomic E-state index is 14.1. The highest BCUT2D eigenvalue weighted by Crippen LogP contribution is 2.21. The first-order chi connectivity index (χ1) is 20.1. The van der Waals surface area contributed by atoms with E-state index in [0.29, 0.717) is 29.7 Å². The number of pyridine rings is 1. The van der Waals surface area contributed by atoms with Gasteiger partial charge in [-0.25, -0.2) is 13.6 Å². The van der Waals surface area contributed by atoms with Crippen molar-refractivity contribution in [3.63, 3.8) is 0 Å². The number of halogens is 3. The number of aliphatic hydroxyl groups excluding tert-OH is 1. The topological polar surface area (TPSA) is 163 Å². The Labute approximate surface area is 247 Å². The number of allylic oxidation sites excluding steroid dienone is 4. The molecule has 11 nitrogen and oxygen atoms in total. The summed E-state index contributed by atoms with van der Waals surface area (Å²) in [6, 6.07) is 2.69. The van der Waals surface area contributed by atoms with Gasteiger partial charge < -0.3 is 31.0 Å². The average Bonchev–Trinajstić information content (AvgIpc) is 2.94. The van der Waals surface area contributed by atoms with E-state index in [0.717, 1.165) is 11.0 Å². The molecule has 3 rings (SSSR count). The molecular weight excluding hydrogens is 591 g/mol. The Morgan fingerprint density at radius 2 is 2.02 bits per heavy atom. The van der Waals surface area contributed by atoms with Gasteiger partial charge in [0.25, 0.3) is 5.56 Å². The highest BCUT2D eigenvalue weighted by atomic mass is 35.5. The summed E-state index contributed by atoms with van der Waals surface area (Å²) in [6.07, 6.45) is 6.85. The lowest BCUT2D eigenvalue weighted by molar-refractivity contribution is -0.108. The molecule has 1 unspecified atom stereocenters. The standard InChI is InChI=1S/C27H29ClF2N7O4P/c1-2-16-8-21(31)17(10-32-3-4-38)9-22(16)35-26(34-14-39)36-27(41)37(13-18-7-19(28)11-33-25(18)40)12-15-5-20(29)24(30)23(42)6-15/h5-11,14,31-32,38H,2-4,12-13,42H2,1H3,(H,33,40)(H2,34,35,36,39,41)/b17-10-,31-21?. The fourth-order valence-electron chi connectivity index (χ4n) is 3.88. The van der Waals surface area contributed by atoms with Gasteiger partial charge in [-0.05, 0) is 47.9 Å². The normalized spacial score (nSPS) is 14.3. The first-order valence-electron chi connectivity index (χ1n) is 12.6. The van der Waals surface area contributed by atoms with Crippen molar-refractivity contribution >= 4 is 50.3 Å². The molecule has 1 aromatic carbocycles. The molecular formula is C27H29ClF2N7O4P. The van der Waals surface area contributed by atoms with Crippen molar-refractivity contribution < 1.29 is 23.5 Å². The van der Waals surface area contributed by atoms with Gasteiger partial charge in [-0.3, -0.25) is 14.9 Å². The van der Waals surface area contributed by atoms with E-state index >= 15 is 0 Å². The number of nitrogens with zero attached hydrogens (tertiary/aromatic N) is 2. The molecule has 6 N–H and O–H groups in total. The Kier molecular flexibility index (Phi) is 11.7. The molecule has 0 saturated carbocycles. The van der Waals surface area contributed by atoms with Crippen LogP contribution in [-0.4, -0.2) is 52.3 Å². The van der Waals surface area contributed by atoms with Crippen molar-refractivity contribution in [1.82, 2.24) is 25.8 Å². The minimum absolute atomic E-state index is 0.0579. The SMILES string of the molecule is CCC1=CC(=N)/C(=C\NCCO)C=C1N/C(=N/C(=O)N(Cc1cc(F)c(F)c(P)c1)Cc1cc(Cl)c[nH]c1=O)NC=O. The van der Waals surface area contributed by atoms with Crippen LogP contribution < -0.4 is 26.8 Å². The first-order valence-corrected chi connectivity index (χ1v) is 13.5. The number of aliphatic imine (C=N–C) groups is 1. The van der Waals surface area contributed by atoms with Crippen LogP contribution in [0.3, 0.4) is 0 Å². The van der Waals surface area contributed by atoms with Crippen LogP contribution in [0.15, 0.2) is 69.4 Å². The third-order valence-electron chi connectivity index (χ3n) is 5.89. The Morgan fingerprint density at radius 1 is 1.26 bits per heavy atom. The van der Waals surface area contributed by atoms with Gasteiger partial charge in [-0.2, -0.15) is 4.99 Å². The summed E-state index contributed by atoms with van der Waals surface area (Å²) in [4.78, 5) is 44.8. The molecule has 1 aromatic heterocycles. The van der Waals surface area contributed by atoms with E-state index in [1.165, 1.54) is 18.3 Å². The van der Waals surface area contributed by atoms with Gasteiger partial charge in [0, 0.05) is 47.6 Å². The predicted octanol–water partition coefficient (Wildman–Crippen LogP) is 2.34. The van der Waals surface area contributed by atoms with Crippen LogP contribution in [0, 0.1) is 17.0 Å². The number of carbonyl (C=O) groups is 2. The lowest BCUT2D eigenvalue weighted by atomic mass is 9.96. The molecule has 1 aliphatic carbocycles. The van der Waals surface area contributed by atoms with Gasteiger partial charge in [-0.15, -0.1) is 9.24 Å². The predicted molar refractivity (Wildman–Crippen MR) is 160 cm³/mol. The number of amides is 3. The van der Waals surface area contributed by atoms with E-state index in [1.807, 2.05) is 6.92 Å². The van der Waals surface area contributed by atoms with Gasteiger partial charge in [-0.1, -0.05) is 18.5 Å². The molecule has 0 spiro atoms. The van der Waals surface area contributed by atoms with Crippen molar-refractivity contribution in [1.29, 1.82) is 5.41 Å². The van der Waals surface area contributed by atoms with Crippen LogP contribution in [0.2, 0.25) is 5.02 Å². The molecule has 42 heavy (non-hydrogen) atoms. The van der Waals surface area contributed by atoms with Gasteiger partial charge in [0.15, 0.2) is 11.6 Å². The third kappa shape index (κ3) is 8.65. The second-order valence-corrected chi connectivity index (χ2v) is 9.97. The zero-order chi connectivity index (χ0) is 30.8. The number of benzene rings is 1. The Hall–Kier alpha value is -4.19. The zero-order valence-electron chi connectivity index (χ0n) is 22.4. The fourth-order valence-corrected chi connectivity index (χ4v) is 4.42. The number of aromatic amines is 1. The van der Waals surface area contributed by atoms with Crippen molar-refractivity contribution in [3.8, 4) is 0 Å². The zero-order valence-corrected chi connectivity index (χ0v) is 24.3. The van der Waals surface area contributed by atoms with Crippen molar-refractivity contribution in [2.75, 3.05) is 13.2 Å². The number of urea groups is 1. The highest BCUT2D eigenvalue weighted by Gasteiger charge is 2.21. The summed E-state index contributed by atoms with van der Waals surface area (Å²) in [6.45, 7) is 1.44. The number of carbonyl (C=O) groups excluding carboxylic acids is 2. The summed E-state index contributed by atoms with van der Waals surface area (Å²) in [5, 5.41) is 25.5. The maximum atomic E-state index is 14.1. The van der Waals surface area contributed by atoms with Crippen LogP contribution in [0.25, 0.3) is 0 Å². The maximum Gasteiger partial charge on any atom is 0.347 e. The molecule has 1 atom stereocenters. The molecule has 1 heterocycles. The Bertz CT molecular complexity index is 1530. The highest BCUT2D eigenvalue weighted by molar-refractivity contribution is 7.27. The average molecular weight is 620 g/mol. The fraction of sp³-hybridized carbons (Fsp3) is 0.222. The number of H-pyrrole nitrogens is 1. The van der Waals surface area contributed by atoms with Crippen LogP contribution >= 0.6 is 20.8 Å². The number of hydrogen-bond acceptors (Lipinski definition) is 6. The van der Waals surface area contributed by atoms with Gasteiger partial charge >= 0.3 is 6.03 Å². The molecule has 0 fully saturated rings. The molecule has 1 aliphatic rings. The quantitative estimate of drug-likeness (QED) is 0.0786. The lowest BCUT2D eigenvalue weighted by Gasteiger charge is -2.23. The van der Waals surface area contributed by atoms with E-state index in [9.17, 15) is 23.2 Å². The van der Waals surface area contributed by atoms with E-state index < -0.39 is 23.2 Å². The summed E-state index contributed by atoms with van der Waals surface area (Å²) in [7, 11) is 2.07. The van der Waals surface area contributed by atoms with E-state index in [1.54, 1.807) is 18.4 Å². The van der Waals surface area contributed by atoms with E-state index in [-0.39, 0.29) is 59.4 Å². The molecule has 3 amide bonds. The second-order valence-electron chi connectivity index (χ2n) is 8.91. The number of aromatic nitrogens is 1. The van der Waals surface area contributed by atoms with Gasteiger partial charge in [0.2, 0.25) is 12.4 Å². The molecule has 0 bridgehead atoms. The number of hydrogen-bond donors (Lipinski definition) is 6. The summed E-state index contributed by atoms with van der Waals surface area (Å²) >= 11 is 6.02. The molecule has 0 radical (unpaired) electrons. The smallest absolute Gasteiger partial charge is 0.347 e. The first kappa shape index (κ1) is 32.3. The molecule has 2 aromatic rings. The summed E-state index contributed by atoms with van der Waals surface area (Å²) in [5.41, 5.74) is 1.60. The van der Waals surface area contributed by atoms with Gasteiger partial charge in [0.05, 0.1) is 23.9 Å². The van der Waals surface area contributed by atoms with Crippen molar-refractivity contribution in [2.24, 2.45) is 4.99 Å². The van der Waals surface area contributed by atoms with E-state index in [2.05, 4.69) is 35.2 Å². The van der Waals surface area contributed by atoms with Crippen LogP contribution in [-0.2, 0) is 17.9 Å². The monoisotopic (exact) mass is 619 g/mol. The van der Waals surface area contributed by atoms with Crippen LogP contribution in [0.4, 0.5) is 13.6 Å². The summed E-state index contributed by atoms with van der Waals surface area (Å²) in [5.74, 6) is -2.44. The third-order valence-corrected chi connectivity index (χ3v) is 6.53. The van der Waals surface area contributed by atoms with Crippen molar-refractivity contribution in [2.45, 2.75) is 26.4 Å². The Morgan fingerprint density at radius 3 is 2.69 bits per heavy atom. The number of guanidine groups is 1. The second kappa shape index (κ2) is 15.2. The molecule has 0 saturated heterocycles. The Balaban J connectivity index is 1.99. The van der Waals surface area contributed by atoms with Crippen LogP contribution in [0.1, 0.15) is 24.5 Å². The molecule has 0 aliphatic heterocycles. The molecule has 15 heteroatoms. The number of aliphatic hydroxyl groups is 1. The van der Waals surface area contributed by atoms with Crippen LogP contribution in [0.5, 0.6) is 0 Å². The number of nitrogens with one attached hydrogen (secondary N) is 5. The minimum Gasteiger partial charge on any atom is -0.395 e. The van der Waals surface area contributed by atoms with Crippen molar-refractivity contribution in [3.05, 3.63) is 97.7 Å².